The van der Waals surface area contributed by atoms with Crippen molar-refractivity contribution in [3.05, 3.63) is 0 Å². The van der Waals surface area contributed by atoms with Crippen LogP contribution < -0.4 is 0 Å². The Morgan fingerprint density at radius 2 is 2.00 bits per heavy atom. The van der Waals surface area contributed by atoms with Gasteiger partial charge in [-0.25, -0.2) is 0 Å². The summed E-state index contributed by atoms with van der Waals surface area (Å²) in [6.45, 7) is 2.68. The largest absolute Gasteiger partial charge is 0.346 e. The molecule has 0 spiro atoms. The average molecular weight is 185 g/mol. The highest BCUT2D eigenvalue weighted by Gasteiger charge is 2.03. The molecule has 0 aliphatic rings. The van der Waals surface area contributed by atoms with E-state index in [9.17, 15) is 9.59 Å². The Labute approximate surface area is 80.1 Å². The van der Waals surface area contributed by atoms with Crippen LogP contribution in [0.15, 0.2) is 0 Å². The summed E-state index contributed by atoms with van der Waals surface area (Å²) < 4.78 is 0. The summed E-state index contributed by atoms with van der Waals surface area (Å²) in [7, 11) is 1.82. The van der Waals surface area contributed by atoms with Gasteiger partial charge in [-0.05, 0) is 12.8 Å². The summed E-state index contributed by atoms with van der Waals surface area (Å²) in [5.41, 5.74) is 0. The van der Waals surface area contributed by atoms with Crippen molar-refractivity contribution in [1.82, 2.24) is 4.90 Å². The zero-order valence-corrected chi connectivity index (χ0v) is 8.58. The number of hydrogen-bond donors (Lipinski definition) is 0. The minimum Gasteiger partial charge on any atom is -0.346 e. The van der Waals surface area contributed by atoms with Crippen molar-refractivity contribution in [2.24, 2.45) is 0 Å². The van der Waals surface area contributed by atoms with Crippen molar-refractivity contribution in [3.63, 3.8) is 0 Å². The monoisotopic (exact) mass is 185 g/mol. The van der Waals surface area contributed by atoms with Gasteiger partial charge in [0.25, 0.3) is 0 Å². The highest BCUT2D eigenvalue weighted by Crippen LogP contribution is 2.00. The molecule has 13 heavy (non-hydrogen) atoms. The number of carbonyl (C=O) groups excluding carboxylic acids is 2. The third-order valence-corrected chi connectivity index (χ3v) is 2.04. The lowest BCUT2D eigenvalue weighted by Crippen LogP contribution is -2.26. The van der Waals surface area contributed by atoms with Crippen LogP contribution >= 0.6 is 0 Å². The average Bonchev–Trinajstić information content (AvgIpc) is 2.16. The number of unbranched alkanes of at least 4 members (excludes halogenated alkanes) is 3. The Bertz CT molecular complexity index is 157. The van der Waals surface area contributed by atoms with Gasteiger partial charge in [-0.3, -0.25) is 4.79 Å². The number of rotatable bonds is 7. The van der Waals surface area contributed by atoms with Crippen LogP contribution in [-0.2, 0) is 9.59 Å². The van der Waals surface area contributed by atoms with Crippen molar-refractivity contribution >= 4 is 12.2 Å². The van der Waals surface area contributed by atoms with Gasteiger partial charge in [0.2, 0.25) is 5.91 Å². The van der Waals surface area contributed by atoms with Gasteiger partial charge in [0.15, 0.2) is 0 Å². The molecule has 0 saturated heterocycles. The maximum absolute atomic E-state index is 11.1. The van der Waals surface area contributed by atoms with E-state index in [0.717, 1.165) is 32.1 Å². The van der Waals surface area contributed by atoms with E-state index < -0.39 is 0 Å². The van der Waals surface area contributed by atoms with Gasteiger partial charge in [-0.1, -0.05) is 13.3 Å². The molecule has 1 amide bonds. The molecule has 3 nitrogen and oxygen atoms in total. The van der Waals surface area contributed by atoms with Crippen molar-refractivity contribution in [3.8, 4) is 0 Å². The fraction of sp³-hybridized carbons (Fsp3) is 0.800. The summed E-state index contributed by atoms with van der Waals surface area (Å²) in [6, 6.07) is 0. The van der Waals surface area contributed by atoms with E-state index in [2.05, 4.69) is 0 Å². The molecule has 0 saturated carbocycles. The van der Waals surface area contributed by atoms with Crippen LogP contribution in [0.5, 0.6) is 0 Å². The minimum absolute atomic E-state index is 0.190. The van der Waals surface area contributed by atoms with E-state index in [0.29, 0.717) is 12.8 Å². The second kappa shape index (κ2) is 7.77. The van der Waals surface area contributed by atoms with Crippen molar-refractivity contribution in [2.75, 3.05) is 13.6 Å². The standard InChI is InChI=1S/C10H19NO2/c1-3-10(13)11(2)8-6-4-5-7-9-12/h9H,3-8H2,1-2H3. The molecule has 0 atom stereocenters. The van der Waals surface area contributed by atoms with Gasteiger partial charge >= 0.3 is 0 Å². The van der Waals surface area contributed by atoms with Crippen LogP contribution in [0.1, 0.15) is 39.0 Å². The molecular weight excluding hydrogens is 166 g/mol. The molecule has 0 aliphatic heterocycles. The molecule has 0 aromatic carbocycles. The summed E-state index contributed by atoms with van der Waals surface area (Å²) in [5, 5.41) is 0. The Morgan fingerprint density at radius 3 is 2.54 bits per heavy atom. The lowest BCUT2D eigenvalue weighted by molar-refractivity contribution is -0.129. The Morgan fingerprint density at radius 1 is 1.31 bits per heavy atom. The summed E-state index contributed by atoms with van der Waals surface area (Å²) in [5.74, 6) is 0.190. The molecule has 0 aromatic heterocycles. The molecule has 0 radical (unpaired) electrons. The van der Waals surface area contributed by atoms with Crippen LogP contribution in [0, 0.1) is 0 Å². The maximum Gasteiger partial charge on any atom is 0.222 e. The summed E-state index contributed by atoms with van der Waals surface area (Å²) in [6.07, 6.45) is 5.13. The topological polar surface area (TPSA) is 37.4 Å². The van der Waals surface area contributed by atoms with Crippen LogP contribution in [0.25, 0.3) is 0 Å². The molecule has 3 heteroatoms. The normalized spacial score (nSPS) is 9.69. The van der Waals surface area contributed by atoms with E-state index in [1.54, 1.807) is 4.90 Å². The van der Waals surface area contributed by atoms with E-state index in [4.69, 9.17) is 0 Å². The number of amides is 1. The quantitative estimate of drug-likeness (QED) is 0.446. The molecule has 0 aliphatic carbocycles. The zero-order valence-electron chi connectivity index (χ0n) is 8.58. The molecule has 76 valence electrons. The van der Waals surface area contributed by atoms with Crippen LogP contribution in [0.3, 0.4) is 0 Å². The predicted octanol–water partition coefficient (Wildman–Crippen LogP) is 1.61. The van der Waals surface area contributed by atoms with E-state index in [-0.39, 0.29) is 5.91 Å². The molecule has 0 rings (SSSR count). The highest BCUT2D eigenvalue weighted by atomic mass is 16.2. The third kappa shape index (κ3) is 6.31. The van der Waals surface area contributed by atoms with Crippen LogP contribution in [0.4, 0.5) is 0 Å². The molecule has 0 fully saturated rings. The summed E-state index contributed by atoms with van der Waals surface area (Å²) in [4.78, 5) is 22.8. The minimum atomic E-state index is 0.190. The molecule has 0 aromatic rings. The second-order valence-electron chi connectivity index (χ2n) is 3.18. The lowest BCUT2D eigenvalue weighted by atomic mass is 10.2. The van der Waals surface area contributed by atoms with Crippen molar-refractivity contribution < 1.29 is 9.59 Å². The number of carbonyl (C=O) groups is 2. The third-order valence-electron chi connectivity index (χ3n) is 2.04. The van der Waals surface area contributed by atoms with Crippen molar-refractivity contribution in [2.45, 2.75) is 39.0 Å². The summed E-state index contributed by atoms with van der Waals surface area (Å²) >= 11 is 0. The molecule has 0 N–H and O–H groups in total. The highest BCUT2D eigenvalue weighted by molar-refractivity contribution is 5.75. The fourth-order valence-corrected chi connectivity index (χ4v) is 1.15. The van der Waals surface area contributed by atoms with Gasteiger partial charge in [0.05, 0.1) is 0 Å². The van der Waals surface area contributed by atoms with Gasteiger partial charge in [-0.15, -0.1) is 0 Å². The zero-order chi connectivity index (χ0) is 10.1. The van der Waals surface area contributed by atoms with E-state index >= 15 is 0 Å². The SMILES string of the molecule is CCC(=O)N(C)CCCCCC=O. The Balaban J connectivity index is 3.31. The van der Waals surface area contributed by atoms with Gasteiger partial charge in [0, 0.05) is 26.4 Å². The smallest absolute Gasteiger partial charge is 0.222 e. The molecular formula is C10H19NO2. The molecule has 0 unspecified atom stereocenters. The van der Waals surface area contributed by atoms with Gasteiger partial charge < -0.3 is 9.69 Å². The van der Waals surface area contributed by atoms with Gasteiger partial charge in [0.1, 0.15) is 6.29 Å². The Kier molecular flexibility index (Phi) is 7.26. The van der Waals surface area contributed by atoms with E-state index in [1.807, 2.05) is 14.0 Å². The number of nitrogens with zero attached hydrogens (tertiary/aromatic N) is 1. The number of aldehydes is 1. The first kappa shape index (κ1) is 12.1. The van der Waals surface area contributed by atoms with Crippen LogP contribution in [-0.4, -0.2) is 30.7 Å². The fourth-order valence-electron chi connectivity index (χ4n) is 1.15. The predicted molar refractivity (Wildman–Crippen MR) is 52.5 cm³/mol. The van der Waals surface area contributed by atoms with E-state index in [1.165, 1.54) is 0 Å². The second-order valence-corrected chi connectivity index (χ2v) is 3.18. The first-order valence-electron chi connectivity index (χ1n) is 4.90. The molecule has 0 bridgehead atoms. The molecule has 0 heterocycles. The lowest BCUT2D eigenvalue weighted by Gasteiger charge is -2.15. The number of hydrogen-bond acceptors (Lipinski definition) is 2. The Hall–Kier alpha value is -0.860. The first-order chi connectivity index (χ1) is 6.22. The first-order valence-corrected chi connectivity index (χ1v) is 4.90. The van der Waals surface area contributed by atoms with Crippen molar-refractivity contribution in [1.29, 1.82) is 0 Å². The van der Waals surface area contributed by atoms with Gasteiger partial charge in [-0.2, -0.15) is 0 Å². The maximum atomic E-state index is 11.1. The van der Waals surface area contributed by atoms with Crippen LogP contribution in [0.2, 0.25) is 0 Å².